The molecule has 120 valence electrons. The van der Waals surface area contributed by atoms with Crippen LogP contribution in [0.5, 0.6) is 0 Å². The Bertz CT molecular complexity index is 519. The Balaban J connectivity index is 1.81. The molecule has 1 amide bonds. The van der Waals surface area contributed by atoms with Crippen LogP contribution in [0.2, 0.25) is 0 Å². The maximum absolute atomic E-state index is 13.2. The average molecular weight is 301 g/mol. The van der Waals surface area contributed by atoms with Crippen molar-refractivity contribution in [3.63, 3.8) is 0 Å². The second-order valence-corrected chi connectivity index (χ2v) is 6.93. The topological polar surface area (TPSA) is 40.5 Å². The minimum atomic E-state index is -0.288. The molecule has 1 aromatic rings. The van der Waals surface area contributed by atoms with E-state index in [1.165, 1.54) is 11.1 Å². The molecule has 0 radical (unpaired) electrons. The third-order valence-corrected chi connectivity index (χ3v) is 5.60. The summed E-state index contributed by atoms with van der Waals surface area (Å²) in [4.78, 5) is 15.2. The van der Waals surface area contributed by atoms with Gasteiger partial charge in [0.05, 0.1) is 5.41 Å². The Morgan fingerprint density at radius 1 is 1.27 bits per heavy atom. The van der Waals surface area contributed by atoms with Gasteiger partial charge in [-0.3, -0.25) is 4.79 Å². The van der Waals surface area contributed by atoms with Crippen LogP contribution in [-0.2, 0) is 16.6 Å². The Kier molecular flexibility index (Phi) is 4.53. The molecule has 0 bridgehead atoms. The highest BCUT2D eigenvalue weighted by molar-refractivity contribution is 5.89. The van der Waals surface area contributed by atoms with E-state index in [1.807, 2.05) is 4.90 Å². The highest BCUT2D eigenvalue weighted by Crippen LogP contribution is 2.45. The van der Waals surface area contributed by atoms with Crippen molar-refractivity contribution in [2.75, 3.05) is 19.7 Å². The van der Waals surface area contributed by atoms with Gasteiger partial charge in [-0.2, -0.15) is 0 Å². The van der Waals surface area contributed by atoms with Crippen molar-refractivity contribution in [1.29, 1.82) is 0 Å². The monoisotopic (exact) mass is 301 g/mol. The molecule has 1 aliphatic carbocycles. The molecule has 3 nitrogen and oxygen atoms in total. The van der Waals surface area contributed by atoms with E-state index < -0.39 is 0 Å². The van der Waals surface area contributed by atoms with Crippen LogP contribution < -0.4 is 0 Å². The second kappa shape index (κ2) is 6.41. The molecule has 0 spiro atoms. The second-order valence-electron chi connectivity index (χ2n) is 6.93. The van der Waals surface area contributed by atoms with E-state index in [0.717, 1.165) is 51.6 Å². The normalized spacial score (nSPS) is 23.9. The zero-order valence-electron chi connectivity index (χ0n) is 13.6. The number of amides is 1. The predicted molar refractivity (Wildman–Crippen MR) is 87.7 cm³/mol. The summed E-state index contributed by atoms with van der Waals surface area (Å²) in [6.07, 6.45) is 6.17. The van der Waals surface area contributed by atoms with Gasteiger partial charge in [0.15, 0.2) is 0 Å². The Hall–Kier alpha value is -1.35. The first-order valence-corrected chi connectivity index (χ1v) is 8.69. The fraction of sp³-hybridized carbons (Fsp3) is 0.632. The van der Waals surface area contributed by atoms with Gasteiger partial charge in [0, 0.05) is 19.7 Å². The summed E-state index contributed by atoms with van der Waals surface area (Å²) in [7, 11) is 0. The van der Waals surface area contributed by atoms with Gasteiger partial charge in [0.2, 0.25) is 5.91 Å². The van der Waals surface area contributed by atoms with E-state index in [4.69, 9.17) is 0 Å². The third-order valence-electron chi connectivity index (χ3n) is 5.60. The lowest BCUT2D eigenvalue weighted by molar-refractivity contribution is -0.143. The number of aliphatic hydroxyl groups is 1. The zero-order valence-corrected chi connectivity index (χ0v) is 13.6. The number of hydrogen-bond donors (Lipinski definition) is 1. The van der Waals surface area contributed by atoms with Crippen LogP contribution in [0, 0.1) is 5.92 Å². The van der Waals surface area contributed by atoms with Gasteiger partial charge in [-0.25, -0.2) is 0 Å². The number of aliphatic hydroxyl groups excluding tert-OH is 1. The van der Waals surface area contributed by atoms with E-state index in [0.29, 0.717) is 5.91 Å². The average Bonchev–Trinajstić information content (AvgIpc) is 2.54. The number of carbonyl (C=O) groups excluding carboxylic acids is 1. The lowest BCUT2D eigenvalue weighted by Crippen LogP contribution is -2.53. The molecular weight excluding hydrogens is 274 g/mol. The summed E-state index contributed by atoms with van der Waals surface area (Å²) < 4.78 is 0. The van der Waals surface area contributed by atoms with Crippen LogP contribution >= 0.6 is 0 Å². The molecule has 2 aliphatic rings. The summed E-state index contributed by atoms with van der Waals surface area (Å²) in [6.45, 7) is 3.93. The van der Waals surface area contributed by atoms with E-state index in [-0.39, 0.29) is 17.9 Å². The fourth-order valence-corrected chi connectivity index (χ4v) is 3.92. The molecule has 1 saturated carbocycles. The summed E-state index contributed by atoms with van der Waals surface area (Å²) in [5.41, 5.74) is 2.22. The van der Waals surface area contributed by atoms with Crippen molar-refractivity contribution in [1.82, 2.24) is 4.90 Å². The molecule has 3 rings (SSSR count). The summed E-state index contributed by atoms with van der Waals surface area (Å²) >= 11 is 0. The van der Waals surface area contributed by atoms with Crippen molar-refractivity contribution in [2.24, 2.45) is 5.92 Å². The number of hydrogen-bond acceptors (Lipinski definition) is 2. The Labute approximate surface area is 133 Å². The molecule has 1 aliphatic heterocycles. The maximum atomic E-state index is 13.2. The first-order chi connectivity index (χ1) is 10.7. The third kappa shape index (κ3) is 2.67. The van der Waals surface area contributed by atoms with Gasteiger partial charge in [-0.05, 0) is 49.1 Å². The number of aryl methyl sites for hydroxylation is 1. The van der Waals surface area contributed by atoms with Crippen LogP contribution in [0.3, 0.4) is 0 Å². The minimum absolute atomic E-state index is 0.196. The van der Waals surface area contributed by atoms with Crippen LogP contribution in [0.4, 0.5) is 0 Å². The van der Waals surface area contributed by atoms with Crippen LogP contribution in [-0.4, -0.2) is 35.6 Å². The molecule has 1 unspecified atom stereocenters. The number of rotatable bonds is 4. The summed E-state index contributed by atoms with van der Waals surface area (Å²) in [6, 6.07) is 8.64. The highest BCUT2D eigenvalue weighted by Gasteiger charge is 2.48. The number of nitrogens with zero attached hydrogens (tertiary/aromatic N) is 1. The molecule has 1 aromatic carbocycles. The summed E-state index contributed by atoms with van der Waals surface area (Å²) in [5.74, 6) is 0.554. The zero-order chi connectivity index (χ0) is 15.6. The van der Waals surface area contributed by atoms with Gasteiger partial charge < -0.3 is 10.0 Å². The van der Waals surface area contributed by atoms with Crippen LogP contribution in [0.25, 0.3) is 0 Å². The maximum Gasteiger partial charge on any atom is 0.233 e. The summed E-state index contributed by atoms with van der Waals surface area (Å²) in [5, 5.41) is 9.40. The lowest BCUT2D eigenvalue weighted by Gasteiger charge is -2.46. The number of carbonyl (C=O) groups is 1. The first-order valence-electron chi connectivity index (χ1n) is 8.69. The van der Waals surface area contributed by atoms with Crippen molar-refractivity contribution in [3.05, 3.63) is 35.4 Å². The van der Waals surface area contributed by atoms with E-state index in [2.05, 4.69) is 31.2 Å². The smallest absolute Gasteiger partial charge is 0.233 e. The van der Waals surface area contributed by atoms with Crippen molar-refractivity contribution in [2.45, 2.75) is 50.9 Å². The SMILES string of the molecule is CCc1ccc(C2(C(=O)N3CCCC(CO)C3)CCC2)cc1. The van der Waals surface area contributed by atoms with Gasteiger partial charge in [-0.1, -0.05) is 37.6 Å². The van der Waals surface area contributed by atoms with E-state index >= 15 is 0 Å². The van der Waals surface area contributed by atoms with Crippen LogP contribution in [0.1, 0.15) is 50.2 Å². The highest BCUT2D eigenvalue weighted by atomic mass is 16.3. The molecule has 1 atom stereocenters. The van der Waals surface area contributed by atoms with Gasteiger partial charge in [0.25, 0.3) is 0 Å². The molecule has 1 saturated heterocycles. The van der Waals surface area contributed by atoms with Crippen molar-refractivity contribution >= 4 is 5.91 Å². The fourth-order valence-electron chi connectivity index (χ4n) is 3.92. The standard InChI is InChI=1S/C19H27NO2/c1-2-15-6-8-17(9-7-15)19(10-4-11-19)18(22)20-12-3-5-16(13-20)14-21/h6-9,16,21H,2-5,10-14H2,1H3. The molecule has 1 heterocycles. The molecule has 2 fully saturated rings. The van der Waals surface area contributed by atoms with Crippen molar-refractivity contribution in [3.8, 4) is 0 Å². The largest absolute Gasteiger partial charge is 0.396 e. The van der Waals surface area contributed by atoms with Crippen molar-refractivity contribution < 1.29 is 9.90 Å². The molecule has 0 aromatic heterocycles. The lowest BCUT2D eigenvalue weighted by atomic mass is 9.63. The molecule has 3 heteroatoms. The predicted octanol–water partition coefficient (Wildman–Crippen LogP) is 2.90. The first kappa shape index (κ1) is 15.5. The van der Waals surface area contributed by atoms with E-state index in [9.17, 15) is 9.90 Å². The quantitative estimate of drug-likeness (QED) is 0.929. The van der Waals surface area contributed by atoms with Gasteiger partial charge in [-0.15, -0.1) is 0 Å². The minimum Gasteiger partial charge on any atom is -0.396 e. The van der Waals surface area contributed by atoms with Gasteiger partial charge >= 0.3 is 0 Å². The number of benzene rings is 1. The molecule has 1 N–H and O–H groups in total. The Morgan fingerprint density at radius 2 is 2.00 bits per heavy atom. The van der Waals surface area contributed by atoms with Gasteiger partial charge in [0.1, 0.15) is 0 Å². The van der Waals surface area contributed by atoms with E-state index in [1.54, 1.807) is 0 Å². The number of likely N-dealkylation sites (tertiary alicyclic amines) is 1. The molecular formula is C19H27NO2. The number of piperidine rings is 1. The Morgan fingerprint density at radius 3 is 2.55 bits per heavy atom. The molecule has 22 heavy (non-hydrogen) atoms. The van der Waals surface area contributed by atoms with Crippen LogP contribution in [0.15, 0.2) is 24.3 Å².